The van der Waals surface area contributed by atoms with E-state index in [1.54, 1.807) is 60.7 Å². The summed E-state index contributed by atoms with van der Waals surface area (Å²) in [5.41, 5.74) is 1.93. The van der Waals surface area contributed by atoms with Gasteiger partial charge in [0.05, 0.1) is 24.3 Å². The second-order valence-corrected chi connectivity index (χ2v) is 10.3. The van der Waals surface area contributed by atoms with Crippen LogP contribution in [0.15, 0.2) is 78.4 Å². The van der Waals surface area contributed by atoms with Gasteiger partial charge in [0.15, 0.2) is 0 Å². The maximum atomic E-state index is 13.4. The van der Waals surface area contributed by atoms with E-state index in [-0.39, 0.29) is 29.8 Å². The lowest BCUT2D eigenvalue weighted by Gasteiger charge is -2.25. The number of aliphatic hydroxyl groups excluding tert-OH is 1. The van der Waals surface area contributed by atoms with Crippen molar-refractivity contribution in [3.63, 3.8) is 0 Å². The van der Waals surface area contributed by atoms with Gasteiger partial charge in [-0.25, -0.2) is 4.39 Å². The Bertz CT molecular complexity index is 1330. The van der Waals surface area contributed by atoms with Crippen molar-refractivity contribution < 1.29 is 28.6 Å². The average Bonchev–Trinajstić information content (AvgIpc) is 3.16. The number of hydrogen-bond donors (Lipinski definition) is 1. The van der Waals surface area contributed by atoms with Crippen LogP contribution >= 0.6 is 0 Å². The van der Waals surface area contributed by atoms with Crippen molar-refractivity contribution in [2.45, 2.75) is 46.3 Å². The van der Waals surface area contributed by atoms with Crippen molar-refractivity contribution in [2.24, 2.45) is 5.92 Å². The molecule has 1 N–H and O–H groups in total. The number of halogens is 1. The summed E-state index contributed by atoms with van der Waals surface area (Å²) in [5, 5.41) is 11.3. The number of aliphatic hydroxyl groups is 1. The molecule has 1 atom stereocenters. The van der Waals surface area contributed by atoms with Gasteiger partial charge in [-0.2, -0.15) is 0 Å². The summed E-state index contributed by atoms with van der Waals surface area (Å²) in [4.78, 5) is 28.0. The Morgan fingerprint density at radius 3 is 2.10 bits per heavy atom. The molecule has 1 amide bonds. The number of carbonyl (C=O) groups is 2. The Morgan fingerprint density at radius 1 is 0.897 bits per heavy atom. The monoisotopic (exact) mass is 531 g/mol. The van der Waals surface area contributed by atoms with Crippen molar-refractivity contribution in [1.29, 1.82) is 0 Å². The molecule has 1 fully saturated rings. The molecular formula is C32H34FNO5. The van der Waals surface area contributed by atoms with E-state index in [4.69, 9.17) is 9.47 Å². The van der Waals surface area contributed by atoms with Gasteiger partial charge < -0.3 is 19.5 Å². The summed E-state index contributed by atoms with van der Waals surface area (Å²) in [6.45, 7) is 8.73. The summed E-state index contributed by atoms with van der Waals surface area (Å²) in [6, 6.07) is 19.2. The van der Waals surface area contributed by atoms with E-state index in [2.05, 4.69) is 13.8 Å². The van der Waals surface area contributed by atoms with Crippen LogP contribution < -0.4 is 9.47 Å². The summed E-state index contributed by atoms with van der Waals surface area (Å²) in [6.07, 6.45) is 0.407. The number of ether oxygens (including phenoxy) is 2. The van der Waals surface area contributed by atoms with Gasteiger partial charge in [0.2, 0.25) is 0 Å². The molecule has 1 aliphatic heterocycles. The van der Waals surface area contributed by atoms with Crippen LogP contribution in [0.1, 0.15) is 50.4 Å². The first-order valence-corrected chi connectivity index (χ1v) is 13.2. The molecule has 39 heavy (non-hydrogen) atoms. The van der Waals surface area contributed by atoms with Gasteiger partial charge in [0.1, 0.15) is 23.1 Å². The molecule has 0 radical (unpaired) electrons. The number of ketones is 1. The molecule has 0 saturated carbocycles. The number of hydrogen-bond acceptors (Lipinski definition) is 5. The zero-order valence-corrected chi connectivity index (χ0v) is 22.7. The maximum Gasteiger partial charge on any atom is 0.295 e. The molecule has 1 heterocycles. The third kappa shape index (κ3) is 6.66. The number of nitrogens with zero attached hydrogens (tertiary/aromatic N) is 1. The van der Waals surface area contributed by atoms with E-state index >= 15 is 0 Å². The van der Waals surface area contributed by atoms with Crippen molar-refractivity contribution in [3.05, 3.63) is 101 Å². The number of amides is 1. The van der Waals surface area contributed by atoms with Crippen molar-refractivity contribution in [2.75, 3.05) is 13.2 Å². The Hall–Kier alpha value is -4.13. The molecule has 3 aromatic rings. The summed E-state index contributed by atoms with van der Waals surface area (Å²) in [7, 11) is 0. The van der Waals surface area contributed by atoms with Crippen LogP contribution in [-0.4, -0.2) is 41.0 Å². The van der Waals surface area contributed by atoms with Gasteiger partial charge in [-0.3, -0.25) is 9.59 Å². The van der Waals surface area contributed by atoms with E-state index in [0.717, 1.165) is 5.56 Å². The lowest BCUT2D eigenvalue weighted by Crippen LogP contribution is -2.31. The van der Waals surface area contributed by atoms with Crippen LogP contribution in [0.3, 0.4) is 0 Å². The molecule has 1 saturated heterocycles. The number of rotatable bonds is 10. The molecule has 7 heteroatoms. The van der Waals surface area contributed by atoms with Gasteiger partial charge in [0.25, 0.3) is 11.7 Å². The van der Waals surface area contributed by atoms with E-state index < -0.39 is 17.7 Å². The smallest absolute Gasteiger partial charge is 0.295 e. The molecule has 3 aromatic carbocycles. The van der Waals surface area contributed by atoms with Crippen LogP contribution in [-0.2, 0) is 16.0 Å². The molecule has 0 aromatic heterocycles. The fourth-order valence-corrected chi connectivity index (χ4v) is 4.49. The Labute approximate surface area is 228 Å². The number of benzene rings is 3. The van der Waals surface area contributed by atoms with E-state index in [0.29, 0.717) is 41.6 Å². The number of Topliss-reactive ketones (excluding diaryl/α,β-unsaturated/α-hetero) is 1. The predicted octanol–water partition coefficient (Wildman–Crippen LogP) is 6.31. The Morgan fingerprint density at radius 2 is 1.51 bits per heavy atom. The lowest BCUT2D eigenvalue weighted by molar-refractivity contribution is -0.139. The first kappa shape index (κ1) is 27.9. The van der Waals surface area contributed by atoms with Crippen LogP contribution in [0.25, 0.3) is 5.76 Å². The highest BCUT2D eigenvalue weighted by atomic mass is 19.1. The third-order valence-electron chi connectivity index (χ3n) is 6.37. The number of likely N-dealkylation sites (tertiary alicyclic amines) is 1. The SMILES string of the molecule is CC(C)COc1ccc(/C(O)=C2/C(=O)C(=O)N(CCc3ccc(F)cc3)C2c2ccc(OC(C)C)cc2)cc1. The largest absolute Gasteiger partial charge is 0.507 e. The zero-order chi connectivity index (χ0) is 28.1. The fourth-order valence-electron chi connectivity index (χ4n) is 4.49. The first-order chi connectivity index (χ1) is 18.6. The highest BCUT2D eigenvalue weighted by Gasteiger charge is 2.45. The van der Waals surface area contributed by atoms with Crippen molar-refractivity contribution in [3.8, 4) is 11.5 Å². The minimum atomic E-state index is -0.796. The van der Waals surface area contributed by atoms with Gasteiger partial charge in [-0.05, 0) is 85.8 Å². The molecule has 0 aliphatic carbocycles. The molecule has 204 valence electrons. The molecular weight excluding hydrogens is 497 g/mol. The van der Waals surface area contributed by atoms with E-state index in [1.165, 1.54) is 17.0 Å². The summed E-state index contributed by atoms with van der Waals surface area (Å²) < 4.78 is 24.9. The molecule has 1 aliphatic rings. The second kappa shape index (κ2) is 12.2. The molecule has 1 unspecified atom stereocenters. The minimum Gasteiger partial charge on any atom is -0.507 e. The zero-order valence-electron chi connectivity index (χ0n) is 22.7. The minimum absolute atomic E-state index is 0.00955. The van der Waals surface area contributed by atoms with Gasteiger partial charge in [0, 0.05) is 12.1 Å². The van der Waals surface area contributed by atoms with Crippen LogP contribution in [0.5, 0.6) is 11.5 Å². The second-order valence-electron chi connectivity index (χ2n) is 10.3. The summed E-state index contributed by atoms with van der Waals surface area (Å²) in [5.74, 6) is -0.362. The van der Waals surface area contributed by atoms with Crippen LogP contribution in [0.4, 0.5) is 4.39 Å². The molecule has 0 spiro atoms. The van der Waals surface area contributed by atoms with Crippen LogP contribution in [0, 0.1) is 11.7 Å². The van der Waals surface area contributed by atoms with Gasteiger partial charge in [-0.15, -0.1) is 0 Å². The van der Waals surface area contributed by atoms with E-state index in [9.17, 15) is 19.1 Å². The standard InChI is InChI=1S/C32H34FNO5/c1-20(2)19-38-26-13-9-24(10-14-26)30(35)28-29(23-7-15-27(16-8-23)39-21(3)4)34(32(37)31(28)36)18-17-22-5-11-25(33)12-6-22/h5-16,20-21,29,35H,17-19H2,1-4H3/b30-28-. The maximum absolute atomic E-state index is 13.4. The van der Waals surface area contributed by atoms with E-state index in [1.807, 2.05) is 13.8 Å². The Balaban J connectivity index is 1.70. The van der Waals surface area contributed by atoms with Crippen LogP contribution in [0.2, 0.25) is 0 Å². The molecule has 6 nitrogen and oxygen atoms in total. The summed E-state index contributed by atoms with van der Waals surface area (Å²) >= 11 is 0. The fraction of sp³-hybridized carbons (Fsp3) is 0.312. The van der Waals surface area contributed by atoms with Gasteiger partial charge >= 0.3 is 0 Å². The highest BCUT2D eigenvalue weighted by molar-refractivity contribution is 6.46. The van der Waals surface area contributed by atoms with Crippen molar-refractivity contribution in [1.82, 2.24) is 4.90 Å². The third-order valence-corrected chi connectivity index (χ3v) is 6.37. The normalized spacial score (nSPS) is 16.8. The number of carbonyl (C=O) groups excluding carboxylic acids is 2. The van der Waals surface area contributed by atoms with Gasteiger partial charge in [-0.1, -0.05) is 38.1 Å². The Kier molecular flexibility index (Phi) is 8.69. The quantitative estimate of drug-likeness (QED) is 0.188. The topological polar surface area (TPSA) is 76.1 Å². The van der Waals surface area contributed by atoms with Crippen molar-refractivity contribution >= 4 is 17.4 Å². The lowest BCUT2D eigenvalue weighted by atomic mass is 9.95. The molecule has 4 rings (SSSR count). The first-order valence-electron chi connectivity index (χ1n) is 13.2. The highest BCUT2D eigenvalue weighted by Crippen LogP contribution is 2.40. The molecule has 0 bridgehead atoms. The average molecular weight is 532 g/mol. The predicted molar refractivity (Wildman–Crippen MR) is 148 cm³/mol.